The lowest BCUT2D eigenvalue weighted by Gasteiger charge is -2.48. The Hall–Kier alpha value is -0.210. The third-order valence-electron chi connectivity index (χ3n) is 6.93. The number of thioether (sulfide) groups is 1. The van der Waals surface area contributed by atoms with Crippen LogP contribution in [-0.2, 0) is 18.9 Å². The number of nitrogens with two attached hydrogens (primary N) is 4. The Balaban J connectivity index is 1.70. The topological polar surface area (TPSA) is 262 Å². The first kappa shape index (κ1) is 30.3. The van der Waals surface area contributed by atoms with E-state index in [1.165, 1.54) is 0 Å². The zero-order valence-electron chi connectivity index (χ0n) is 20.2. The molecule has 212 valence electrons. The first-order valence-electron chi connectivity index (χ1n) is 12.3. The van der Waals surface area contributed by atoms with Gasteiger partial charge in [-0.2, -0.15) is 11.8 Å². The molecule has 3 fully saturated rings. The van der Waals surface area contributed by atoms with Gasteiger partial charge in [-0.1, -0.05) is 6.92 Å². The Kier molecular flexibility index (Phi) is 11.1. The van der Waals surface area contributed by atoms with Gasteiger partial charge in [-0.3, -0.25) is 0 Å². The van der Waals surface area contributed by atoms with Crippen LogP contribution >= 0.6 is 11.8 Å². The Morgan fingerprint density at radius 3 is 1.86 bits per heavy atom. The third-order valence-corrected chi connectivity index (χ3v) is 8.19. The fraction of sp³-hybridized carbons (Fsp3) is 1.00. The van der Waals surface area contributed by atoms with Gasteiger partial charge in [-0.25, -0.2) is 0 Å². The van der Waals surface area contributed by atoms with Crippen molar-refractivity contribution >= 4 is 11.8 Å². The maximum atomic E-state index is 11.1. The minimum atomic E-state index is -1.64. The summed E-state index contributed by atoms with van der Waals surface area (Å²) in [5, 5.41) is 62.6. The number of aliphatic hydroxyl groups is 6. The molecule has 0 amide bonds. The van der Waals surface area contributed by atoms with E-state index in [-0.39, 0.29) is 13.0 Å². The van der Waals surface area contributed by atoms with Crippen LogP contribution in [0.15, 0.2) is 0 Å². The molecule has 14 N–H and O–H groups in total. The largest absolute Gasteiger partial charge is 0.389 e. The summed E-state index contributed by atoms with van der Waals surface area (Å²) in [6, 6.07) is -2.62. The van der Waals surface area contributed by atoms with Gasteiger partial charge in [-0.15, -0.1) is 0 Å². The molecule has 0 aromatic heterocycles. The molecule has 36 heavy (non-hydrogen) atoms. The molecule has 0 aromatic rings. The van der Waals surface area contributed by atoms with Gasteiger partial charge in [0.15, 0.2) is 12.6 Å². The molecule has 15 atom stereocenters. The highest BCUT2D eigenvalue weighted by Gasteiger charge is 2.51. The molecule has 0 bridgehead atoms. The van der Waals surface area contributed by atoms with E-state index in [2.05, 4.69) is 0 Å². The van der Waals surface area contributed by atoms with E-state index >= 15 is 0 Å². The molecular formula is C21H42N4O10S. The van der Waals surface area contributed by atoms with E-state index < -0.39 is 91.7 Å². The van der Waals surface area contributed by atoms with Crippen LogP contribution in [0.1, 0.15) is 19.8 Å². The molecular weight excluding hydrogens is 500 g/mol. The van der Waals surface area contributed by atoms with E-state index in [4.69, 9.17) is 41.9 Å². The van der Waals surface area contributed by atoms with Crippen molar-refractivity contribution in [2.45, 2.75) is 112 Å². The van der Waals surface area contributed by atoms with Gasteiger partial charge in [0.05, 0.1) is 18.2 Å². The van der Waals surface area contributed by atoms with Crippen molar-refractivity contribution in [2.24, 2.45) is 22.9 Å². The van der Waals surface area contributed by atoms with E-state index in [0.29, 0.717) is 5.75 Å². The Bertz CT molecular complexity index is 687. The second-order valence-electron chi connectivity index (χ2n) is 9.68. The van der Waals surface area contributed by atoms with Crippen LogP contribution in [0.5, 0.6) is 0 Å². The number of hydrogen-bond donors (Lipinski definition) is 10. The van der Waals surface area contributed by atoms with Crippen LogP contribution in [0, 0.1) is 0 Å². The average molecular weight is 543 g/mol. The lowest BCUT2D eigenvalue weighted by atomic mass is 9.84. The molecule has 0 radical (unpaired) electrons. The molecule has 1 saturated carbocycles. The van der Waals surface area contributed by atoms with Gasteiger partial charge >= 0.3 is 0 Å². The molecule has 3 rings (SSSR count). The van der Waals surface area contributed by atoms with Gasteiger partial charge in [-0.05, 0) is 18.6 Å². The van der Waals surface area contributed by atoms with Crippen molar-refractivity contribution in [1.82, 2.24) is 0 Å². The normalized spacial score (nSPS) is 50.2. The van der Waals surface area contributed by atoms with E-state index in [1.807, 2.05) is 6.92 Å². The lowest BCUT2D eigenvalue weighted by molar-refractivity contribution is -0.330. The van der Waals surface area contributed by atoms with E-state index in [0.717, 1.165) is 12.2 Å². The highest BCUT2D eigenvalue weighted by atomic mass is 32.2. The van der Waals surface area contributed by atoms with Gasteiger partial charge in [0.1, 0.15) is 48.8 Å². The van der Waals surface area contributed by atoms with Crippen LogP contribution in [0.3, 0.4) is 0 Å². The minimum absolute atomic E-state index is 0.133. The monoisotopic (exact) mass is 542 g/mol. The van der Waals surface area contributed by atoms with Crippen LogP contribution < -0.4 is 22.9 Å². The van der Waals surface area contributed by atoms with Crippen LogP contribution in [0.2, 0.25) is 0 Å². The fourth-order valence-corrected chi connectivity index (χ4v) is 5.69. The molecule has 2 heterocycles. The quantitative estimate of drug-likeness (QED) is 0.122. The maximum absolute atomic E-state index is 11.1. The first-order valence-corrected chi connectivity index (χ1v) is 13.4. The van der Waals surface area contributed by atoms with Crippen molar-refractivity contribution in [2.75, 3.05) is 18.1 Å². The van der Waals surface area contributed by atoms with Crippen molar-refractivity contribution in [3.8, 4) is 0 Å². The van der Waals surface area contributed by atoms with Crippen molar-refractivity contribution in [1.29, 1.82) is 0 Å². The second kappa shape index (κ2) is 13.2. The van der Waals surface area contributed by atoms with Crippen LogP contribution in [-0.4, -0.2) is 140 Å². The predicted octanol–water partition coefficient (Wildman–Crippen LogP) is -5.14. The zero-order chi connectivity index (χ0) is 26.7. The van der Waals surface area contributed by atoms with E-state index in [9.17, 15) is 30.6 Å². The average Bonchev–Trinajstić information content (AvgIpc) is 2.85. The molecule has 1 aliphatic carbocycles. The summed E-state index contributed by atoms with van der Waals surface area (Å²) in [5.41, 5.74) is 24.0. The zero-order valence-corrected chi connectivity index (χ0v) is 21.0. The summed E-state index contributed by atoms with van der Waals surface area (Å²) < 4.78 is 23.0. The third kappa shape index (κ3) is 6.50. The molecule has 2 saturated heterocycles. The number of aliphatic hydroxyl groups excluding tert-OH is 6. The van der Waals surface area contributed by atoms with Gasteiger partial charge in [0, 0.05) is 24.4 Å². The highest BCUT2D eigenvalue weighted by molar-refractivity contribution is 7.99. The van der Waals surface area contributed by atoms with Gasteiger partial charge in [0.25, 0.3) is 0 Å². The minimum Gasteiger partial charge on any atom is -0.389 e. The first-order chi connectivity index (χ1) is 17.0. The van der Waals surface area contributed by atoms with Crippen molar-refractivity contribution < 1.29 is 49.6 Å². The molecule has 2 aliphatic heterocycles. The molecule has 8 unspecified atom stereocenters. The smallest absolute Gasteiger partial charge is 0.187 e. The number of rotatable bonds is 9. The molecule has 0 spiro atoms. The molecule has 15 heteroatoms. The van der Waals surface area contributed by atoms with Gasteiger partial charge in [0.2, 0.25) is 0 Å². The van der Waals surface area contributed by atoms with Crippen molar-refractivity contribution in [3.05, 3.63) is 0 Å². The van der Waals surface area contributed by atoms with Crippen LogP contribution in [0.25, 0.3) is 0 Å². The molecule has 3 aliphatic rings. The van der Waals surface area contributed by atoms with Gasteiger partial charge < -0.3 is 72.5 Å². The summed E-state index contributed by atoms with van der Waals surface area (Å²) in [6.45, 7) is 1.87. The molecule has 0 aromatic carbocycles. The summed E-state index contributed by atoms with van der Waals surface area (Å²) in [6.07, 6.45) is -14.3. The summed E-state index contributed by atoms with van der Waals surface area (Å²) >= 11 is 1.57. The SMILES string of the molecule is CCCSCC1O[C@@H](O[C@@H]2C(N)C[C@H](N)C(O[C@@H]3OC(CN)[C@H](O)C(O)C3O)C2O)[C@H](O)C(N)[C@H]1O. The van der Waals surface area contributed by atoms with Crippen LogP contribution in [0.4, 0.5) is 0 Å². The highest BCUT2D eigenvalue weighted by Crippen LogP contribution is 2.31. The Morgan fingerprint density at radius 2 is 1.31 bits per heavy atom. The fourth-order valence-electron chi connectivity index (χ4n) is 4.73. The van der Waals surface area contributed by atoms with E-state index in [1.54, 1.807) is 11.8 Å². The molecule has 14 nitrogen and oxygen atoms in total. The maximum Gasteiger partial charge on any atom is 0.187 e. The summed E-state index contributed by atoms with van der Waals surface area (Å²) in [5.74, 6) is 1.28. The summed E-state index contributed by atoms with van der Waals surface area (Å²) in [7, 11) is 0. The van der Waals surface area contributed by atoms with Crippen molar-refractivity contribution in [3.63, 3.8) is 0 Å². The lowest BCUT2D eigenvalue weighted by Crippen LogP contribution is -2.68. The Morgan fingerprint density at radius 1 is 0.750 bits per heavy atom. The standard InChI is InChI=1S/C21H42N4O10S/c1-2-3-36-6-10-12(26)11(25)14(28)20(33-10)34-18-7(23)4-8(24)19(17(18)31)35-21-16(30)15(29)13(27)9(5-22)32-21/h7-21,26-31H,2-6,22-25H2,1H3/t7?,8-,9?,10?,11?,12-,13-,14+,15?,16?,17?,18+,19?,20-,21-/m0/s1. The summed E-state index contributed by atoms with van der Waals surface area (Å²) in [4.78, 5) is 0. The predicted molar refractivity (Wildman–Crippen MR) is 128 cm³/mol. The number of ether oxygens (including phenoxy) is 4. The Labute approximate surface area is 214 Å². The second-order valence-corrected chi connectivity index (χ2v) is 10.8. The number of hydrogen-bond acceptors (Lipinski definition) is 15.